The Morgan fingerprint density at radius 1 is 0.883 bits per heavy atom. The van der Waals surface area contributed by atoms with Crippen molar-refractivity contribution in [3.8, 4) is 0 Å². The molecule has 3 fully saturated rings. The van der Waals surface area contributed by atoms with Gasteiger partial charge in [0.1, 0.15) is 0 Å². The Kier molecular flexibility index (Phi) is 14.8. The van der Waals surface area contributed by atoms with E-state index in [-0.39, 0.29) is 75.9 Å². The van der Waals surface area contributed by atoms with Crippen molar-refractivity contribution in [2.45, 2.75) is 126 Å². The lowest BCUT2D eigenvalue weighted by Gasteiger charge is -2.71. The molecule has 7 nitrogen and oxygen atoms in total. The van der Waals surface area contributed by atoms with Crippen LogP contribution in [0, 0.1) is 56.7 Å². The summed E-state index contributed by atoms with van der Waals surface area (Å²) < 4.78 is 0. The van der Waals surface area contributed by atoms with Crippen molar-refractivity contribution >= 4 is 54.1 Å². The molecule has 1 aromatic carbocycles. The van der Waals surface area contributed by atoms with E-state index in [1.165, 1.54) is 28.7 Å². The number of carboxylic acid groups (broad SMARTS) is 1. The molecule has 334 valence electrons. The van der Waals surface area contributed by atoms with E-state index in [4.69, 9.17) is 11.6 Å². The number of ketones is 1. The van der Waals surface area contributed by atoms with Crippen molar-refractivity contribution in [1.29, 1.82) is 0 Å². The number of Topliss-reactive ketones (excluding diaryl/α,β-unsaturated/α-hetero) is 1. The van der Waals surface area contributed by atoms with Crippen LogP contribution >= 0.6 is 36.4 Å². The standard InChI is InChI=1S/C50H72ClN3O4.2ClH/c1-32(2)42-39(55)30-50(45(58)52-26-27-54(29-28-53(8)9)31-33-10-16-36(51)17-11-33)25-24-48(6)38(43(42)50)18-19-41-47(5)22-20-37(34-12-14-35(15-13-34)44(56)57)46(3,4)40(47)21-23-49(41,48)7;;/h10-12,16-17,20,32,35,38,40-41H,13-15,18-19,21-31H2,1-9H3,(H,52,58)(H,56,57);2*1H/t35-,38-,40+,41-,47+,48-,49-,50-;;/m1../s1. The Labute approximate surface area is 378 Å². The first-order valence-electron chi connectivity index (χ1n) is 22.6. The smallest absolute Gasteiger partial charge is 0.306 e. The molecule has 0 heterocycles. The molecular formula is C50H74Cl3N3O4. The predicted molar refractivity (Wildman–Crippen MR) is 249 cm³/mol. The van der Waals surface area contributed by atoms with Gasteiger partial charge in [0, 0.05) is 44.2 Å². The van der Waals surface area contributed by atoms with Gasteiger partial charge >= 0.3 is 5.97 Å². The number of carboxylic acids is 1. The number of amides is 1. The molecule has 8 atom stereocenters. The number of aliphatic carboxylic acids is 1. The van der Waals surface area contributed by atoms with Crippen LogP contribution in [0.1, 0.15) is 125 Å². The maximum atomic E-state index is 14.8. The summed E-state index contributed by atoms with van der Waals surface area (Å²) in [6.45, 7) is 20.9. The Hall–Kier alpha value is -2.16. The molecule has 1 amide bonds. The SMILES string of the molecule is CC(C)C1=C2[C@H]3CC[C@@H]4[C@@]5(C)CC=C(C6=CC[C@@H](C(=O)O)CC6)C(C)(C)[C@@H]5CC[C@@]4(C)[C@]3(C)CC[C@@]2(C(=O)NCCN(CCN(C)C)Cc2ccc(Cl)cc2)CC1=O.Cl.Cl. The van der Waals surface area contributed by atoms with Gasteiger partial charge in [0.15, 0.2) is 5.78 Å². The highest BCUT2D eigenvalue weighted by Crippen LogP contribution is 2.77. The summed E-state index contributed by atoms with van der Waals surface area (Å²) in [5.74, 6) is 0.721. The van der Waals surface area contributed by atoms with E-state index >= 15 is 0 Å². The third kappa shape index (κ3) is 8.23. The number of likely N-dealkylation sites (N-methyl/N-ethyl adjacent to an activating group) is 1. The minimum atomic E-state index is -0.756. The van der Waals surface area contributed by atoms with Gasteiger partial charge in [0.05, 0.1) is 11.3 Å². The number of carbonyl (C=O) groups is 3. The number of nitrogens with one attached hydrogen (secondary N) is 1. The Morgan fingerprint density at radius 3 is 2.20 bits per heavy atom. The number of allylic oxidation sites excluding steroid dienone is 5. The summed E-state index contributed by atoms with van der Waals surface area (Å²) in [7, 11) is 4.18. The third-order valence-corrected chi connectivity index (χ3v) is 17.7. The summed E-state index contributed by atoms with van der Waals surface area (Å²) in [5.41, 5.74) is 5.70. The molecule has 2 N–H and O–H groups in total. The summed E-state index contributed by atoms with van der Waals surface area (Å²) in [5, 5.41) is 13.8. The van der Waals surface area contributed by atoms with Crippen LogP contribution in [-0.2, 0) is 20.9 Å². The van der Waals surface area contributed by atoms with Gasteiger partial charge < -0.3 is 15.3 Å². The normalized spacial score (nSPS) is 34.4. The van der Waals surface area contributed by atoms with Gasteiger partial charge in [-0.1, -0.05) is 84.4 Å². The lowest BCUT2D eigenvalue weighted by atomic mass is 9.33. The molecule has 6 aliphatic carbocycles. The molecule has 10 heteroatoms. The van der Waals surface area contributed by atoms with Crippen molar-refractivity contribution in [3.05, 3.63) is 69.3 Å². The summed E-state index contributed by atoms with van der Waals surface area (Å²) in [6, 6.07) is 8.04. The van der Waals surface area contributed by atoms with Crippen molar-refractivity contribution in [3.63, 3.8) is 0 Å². The van der Waals surface area contributed by atoms with E-state index in [9.17, 15) is 19.5 Å². The first kappa shape index (κ1) is 48.9. The van der Waals surface area contributed by atoms with E-state index < -0.39 is 11.4 Å². The zero-order valence-corrected chi connectivity index (χ0v) is 40.3. The molecule has 7 rings (SSSR count). The van der Waals surface area contributed by atoms with Gasteiger partial charge in [-0.15, -0.1) is 24.8 Å². The fourth-order valence-corrected chi connectivity index (χ4v) is 14.4. The van der Waals surface area contributed by atoms with Crippen LogP contribution in [-0.4, -0.2) is 72.8 Å². The van der Waals surface area contributed by atoms with Crippen LogP contribution in [0.15, 0.2) is 58.7 Å². The van der Waals surface area contributed by atoms with Crippen LogP contribution in [0.25, 0.3) is 0 Å². The fraction of sp³-hybridized carbons (Fsp3) is 0.700. The first-order chi connectivity index (χ1) is 27.3. The first-order valence-corrected chi connectivity index (χ1v) is 23.0. The molecule has 0 radical (unpaired) electrons. The average Bonchev–Trinajstić information content (AvgIpc) is 3.48. The lowest BCUT2D eigenvalue weighted by Crippen LogP contribution is -2.64. The molecule has 0 unspecified atom stereocenters. The van der Waals surface area contributed by atoms with Gasteiger partial charge in [-0.2, -0.15) is 0 Å². The van der Waals surface area contributed by atoms with Crippen molar-refractivity contribution in [2.75, 3.05) is 40.3 Å². The molecule has 0 spiro atoms. The number of halogens is 3. The van der Waals surface area contributed by atoms with Crippen molar-refractivity contribution in [2.24, 2.45) is 56.7 Å². The maximum absolute atomic E-state index is 14.8. The molecule has 60 heavy (non-hydrogen) atoms. The molecule has 6 aliphatic rings. The second-order valence-electron chi connectivity index (χ2n) is 21.3. The molecule has 1 aromatic rings. The summed E-state index contributed by atoms with van der Waals surface area (Å²) >= 11 is 6.19. The highest BCUT2D eigenvalue weighted by atomic mass is 35.5. The lowest BCUT2D eigenvalue weighted by molar-refractivity contribution is -0.199. The molecule has 0 bridgehead atoms. The third-order valence-electron chi connectivity index (χ3n) is 17.4. The number of carbonyl (C=O) groups excluding carboxylic acids is 2. The molecule has 0 saturated heterocycles. The average molecular weight is 888 g/mol. The van der Waals surface area contributed by atoms with Crippen LogP contribution in [0.4, 0.5) is 0 Å². The summed E-state index contributed by atoms with van der Waals surface area (Å²) in [6.07, 6.45) is 14.6. The van der Waals surface area contributed by atoms with E-state index in [1.54, 1.807) is 0 Å². The summed E-state index contributed by atoms with van der Waals surface area (Å²) in [4.78, 5) is 45.4. The van der Waals surface area contributed by atoms with Crippen molar-refractivity contribution in [1.82, 2.24) is 15.1 Å². The Balaban J connectivity index is 0.00000341. The number of nitrogens with zero attached hydrogens (tertiary/aromatic N) is 2. The van der Waals surface area contributed by atoms with E-state index in [2.05, 4.69) is 102 Å². The Morgan fingerprint density at radius 2 is 1.58 bits per heavy atom. The van der Waals surface area contributed by atoms with Crippen molar-refractivity contribution < 1.29 is 19.5 Å². The fourth-order valence-electron chi connectivity index (χ4n) is 14.3. The minimum Gasteiger partial charge on any atom is -0.481 e. The molecule has 0 aromatic heterocycles. The van der Waals surface area contributed by atoms with Crippen LogP contribution in [0.2, 0.25) is 5.02 Å². The predicted octanol–water partition coefficient (Wildman–Crippen LogP) is 11.0. The molecule has 0 aliphatic heterocycles. The number of hydrogen-bond acceptors (Lipinski definition) is 5. The van der Waals surface area contributed by atoms with Crippen LogP contribution in [0.5, 0.6) is 0 Å². The highest BCUT2D eigenvalue weighted by molar-refractivity contribution is 6.30. The maximum Gasteiger partial charge on any atom is 0.306 e. The van der Waals surface area contributed by atoms with Gasteiger partial charge in [-0.05, 0) is 164 Å². The van der Waals surface area contributed by atoms with Gasteiger partial charge in [-0.3, -0.25) is 19.3 Å². The number of hydrogen-bond donors (Lipinski definition) is 2. The molecule has 3 saturated carbocycles. The van der Waals surface area contributed by atoms with E-state index in [0.717, 1.165) is 88.1 Å². The van der Waals surface area contributed by atoms with E-state index in [0.29, 0.717) is 31.2 Å². The number of fused-ring (bicyclic) bond motifs is 7. The van der Waals surface area contributed by atoms with Crippen LogP contribution < -0.4 is 5.32 Å². The van der Waals surface area contributed by atoms with Crippen LogP contribution in [0.3, 0.4) is 0 Å². The Bertz CT molecular complexity index is 1890. The zero-order chi connectivity index (χ0) is 42.0. The highest BCUT2D eigenvalue weighted by Gasteiger charge is 2.70. The monoisotopic (exact) mass is 885 g/mol. The van der Waals surface area contributed by atoms with Gasteiger partial charge in [0.25, 0.3) is 0 Å². The largest absolute Gasteiger partial charge is 0.481 e. The topological polar surface area (TPSA) is 89.9 Å². The van der Waals surface area contributed by atoms with Gasteiger partial charge in [0.2, 0.25) is 5.91 Å². The zero-order valence-electron chi connectivity index (χ0n) is 37.9. The van der Waals surface area contributed by atoms with Gasteiger partial charge in [-0.25, -0.2) is 0 Å². The van der Waals surface area contributed by atoms with E-state index in [1.807, 2.05) is 12.1 Å². The number of benzene rings is 1. The molecular weight excluding hydrogens is 813 g/mol. The second kappa shape index (κ2) is 18.1. The number of rotatable bonds is 12. The second-order valence-corrected chi connectivity index (χ2v) is 21.8. The quantitative estimate of drug-likeness (QED) is 0.217. The minimum absolute atomic E-state index is 0.